The van der Waals surface area contributed by atoms with E-state index in [4.69, 9.17) is 0 Å². The third kappa shape index (κ3) is 3.06. The standard InChI is InChI=1S/C16H22N4O/c1-12-15(11-19(2)17-12)16(21)10-13-8-9-20(18-13)14-6-4-3-5-7-14/h8-9,11,14H,3-7,10H2,1-2H3. The van der Waals surface area contributed by atoms with Crippen LogP contribution in [0.2, 0.25) is 0 Å². The van der Waals surface area contributed by atoms with E-state index in [0.29, 0.717) is 18.0 Å². The van der Waals surface area contributed by atoms with Crippen LogP contribution < -0.4 is 0 Å². The lowest BCUT2D eigenvalue weighted by atomic mass is 9.96. The van der Waals surface area contributed by atoms with Gasteiger partial charge in [-0.05, 0) is 25.8 Å². The molecule has 112 valence electrons. The maximum Gasteiger partial charge on any atom is 0.172 e. The van der Waals surface area contributed by atoms with Gasteiger partial charge in [0.25, 0.3) is 0 Å². The summed E-state index contributed by atoms with van der Waals surface area (Å²) in [4.78, 5) is 12.3. The van der Waals surface area contributed by atoms with E-state index in [2.05, 4.69) is 14.9 Å². The Bertz CT molecular complexity index is 634. The minimum Gasteiger partial charge on any atom is -0.294 e. The molecule has 1 fully saturated rings. The van der Waals surface area contributed by atoms with E-state index >= 15 is 0 Å². The zero-order valence-electron chi connectivity index (χ0n) is 12.7. The van der Waals surface area contributed by atoms with Gasteiger partial charge >= 0.3 is 0 Å². The minimum absolute atomic E-state index is 0.0921. The SMILES string of the molecule is Cc1nn(C)cc1C(=O)Cc1ccn(C2CCCCC2)n1. The summed E-state index contributed by atoms with van der Waals surface area (Å²) in [6.07, 6.45) is 10.5. The summed E-state index contributed by atoms with van der Waals surface area (Å²) in [7, 11) is 1.83. The van der Waals surface area contributed by atoms with Crippen molar-refractivity contribution in [2.45, 2.75) is 51.5 Å². The number of hydrogen-bond donors (Lipinski definition) is 0. The second-order valence-electron chi connectivity index (χ2n) is 5.98. The molecular formula is C16H22N4O. The van der Waals surface area contributed by atoms with Crippen molar-refractivity contribution in [2.24, 2.45) is 7.05 Å². The van der Waals surface area contributed by atoms with Crippen molar-refractivity contribution >= 4 is 5.78 Å². The fraction of sp³-hybridized carbons (Fsp3) is 0.562. The van der Waals surface area contributed by atoms with Gasteiger partial charge in [0.05, 0.1) is 29.4 Å². The molecule has 0 unspecified atom stereocenters. The van der Waals surface area contributed by atoms with Gasteiger partial charge in [0, 0.05) is 19.4 Å². The first kappa shape index (κ1) is 14.0. The molecule has 0 amide bonds. The number of ketones is 1. The van der Waals surface area contributed by atoms with Crippen LogP contribution in [0, 0.1) is 6.92 Å². The molecule has 1 aliphatic rings. The van der Waals surface area contributed by atoms with Crippen LogP contribution in [0.5, 0.6) is 0 Å². The van der Waals surface area contributed by atoms with Crippen molar-refractivity contribution in [1.29, 1.82) is 0 Å². The van der Waals surface area contributed by atoms with E-state index in [1.807, 2.05) is 26.2 Å². The Morgan fingerprint density at radius 3 is 2.71 bits per heavy atom. The molecule has 0 bridgehead atoms. The Labute approximate surface area is 125 Å². The smallest absolute Gasteiger partial charge is 0.172 e. The molecule has 5 nitrogen and oxygen atoms in total. The summed E-state index contributed by atoms with van der Waals surface area (Å²) in [5, 5.41) is 8.83. The molecule has 3 rings (SSSR count). The van der Waals surface area contributed by atoms with Crippen LogP contribution in [0.4, 0.5) is 0 Å². The number of hydrogen-bond acceptors (Lipinski definition) is 3. The lowest BCUT2D eigenvalue weighted by molar-refractivity contribution is 0.0991. The largest absolute Gasteiger partial charge is 0.294 e. The van der Waals surface area contributed by atoms with Gasteiger partial charge in [-0.3, -0.25) is 14.2 Å². The summed E-state index contributed by atoms with van der Waals surface area (Å²) < 4.78 is 3.74. The molecule has 0 N–H and O–H groups in total. The second kappa shape index (κ2) is 5.84. The molecule has 5 heteroatoms. The van der Waals surface area contributed by atoms with Gasteiger partial charge in [-0.2, -0.15) is 10.2 Å². The third-order valence-electron chi connectivity index (χ3n) is 4.27. The molecule has 0 saturated heterocycles. The predicted molar refractivity (Wildman–Crippen MR) is 80.3 cm³/mol. The van der Waals surface area contributed by atoms with Crippen LogP contribution in [0.25, 0.3) is 0 Å². The van der Waals surface area contributed by atoms with E-state index in [-0.39, 0.29) is 5.78 Å². The highest BCUT2D eigenvalue weighted by molar-refractivity contribution is 5.98. The zero-order valence-corrected chi connectivity index (χ0v) is 12.7. The van der Waals surface area contributed by atoms with Crippen molar-refractivity contribution in [1.82, 2.24) is 19.6 Å². The zero-order chi connectivity index (χ0) is 14.8. The molecule has 2 aromatic heterocycles. The quantitative estimate of drug-likeness (QED) is 0.812. The highest BCUT2D eigenvalue weighted by Crippen LogP contribution is 2.27. The monoisotopic (exact) mass is 286 g/mol. The van der Waals surface area contributed by atoms with Gasteiger partial charge in [0.15, 0.2) is 5.78 Å². The van der Waals surface area contributed by atoms with Crippen LogP contribution >= 0.6 is 0 Å². The molecule has 0 atom stereocenters. The van der Waals surface area contributed by atoms with E-state index < -0.39 is 0 Å². The fourth-order valence-corrected chi connectivity index (χ4v) is 3.15. The van der Waals surface area contributed by atoms with Crippen molar-refractivity contribution in [2.75, 3.05) is 0 Å². The van der Waals surface area contributed by atoms with Gasteiger partial charge in [0.2, 0.25) is 0 Å². The van der Waals surface area contributed by atoms with Gasteiger partial charge in [-0.25, -0.2) is 0 Å². The molecule has 1 aliphatic carbocycles. The van der Waals surface area contributed by atoms with Gasteiger partial charge in [-0.15, -0.1) is 0 Å². The molecule has 0 radical (unpaired) electrons. The number of nitrogens with zero attached hydrogens (tertiary/aromatic N) is 4. The first-order valence-electron chi connectivity index (χ1n) is 7.71. The molecule has 2 aromatic rings. The van der Waals surface area contributed by atoms with Crippen LogP contribution in [-0.2, 0) is 13.5 Å². The van der Waals surface area contributed by atoms with Crippen LogP contribution in [0.15, 0.2) is 18.5 Å². The minimum atomic E-state index is 0.0921. The third-order valence-corrected chi connectivity index (χ3v) is 4.27. The van der Waals surface area contributed by atoms with Crippen molar-refractivity contribution in [3.8, 4) is 0 Å². The van der Waals surface area contributed by atoms with Crippen LogP contribution in [-0.4, -0.2) is 25.3 Å². The molecule has 0 aromatic carbocycles. The topological polar surface area (TPSA) is 52.7 Å². The van der Waals surface area contributed by atoms with E-state index in [0.717, 1.165) is 11.4 Å². The highest BCUT2D eigenvalue weighted by Gasteiger charge is 2.18. The molecular weight excluding hydrogens is 264 g/mol. The van der Waals surface area contributed by atoms with Crippen molar-refractivity contribution in [3.63, 3.8) is 0 Å². The predicted octanol–water partition coefficient (Wildman–Crippen LogP) is 2.86. The molecule has 1 saturated carbocycles. The molecule has 0 spiro atoms. The maximum absolute atomic E-state index is 12.3. The second-order valence-corrected chi connectivity index (χ2v) is 5.98. The number of carbonyl (C=O) groups is 1. The summed E-state index contributed by atoms with van der Waals surface area (Å²) in [5.41, 5.74) is 2.34. The fourth-order valence-electron chi connectivity index (χ4n) is 3.15. The van der Waals surface area contributed by atoms with Gasteiger partial charge in [-0.1, -0.05) is 19.3 Å². The van der Waals surface area contributed by atoms with Gasteiger partial charge in [0.1, 0.15) is 0 Å². The summed E-state index contributed by atoms with van der Waals surface area (Å²) in [5.74, 6) is 0.0921. The highest BCUT2D eigenvalue weighted by atomic mass is 16.1. The van der Waals surface area contributed by atoms with E-state index in [9.17, 15) is 4.79 Å². The Kier molecular flexibility index (Phi) is 3.90. The number of Topliss-reactive ketones (excluding diaryl/α,β-unsaturated/α-hetero) is 1. The Morgan fingerprint density at radius 1 is 1.29 bits per heavy atom. The number of rotatable bonds is 4. The first-order valence-corrected chi connectivity index (χ1v) is 7.71. The normalized spacial score (nSPS) is 16.3. The lowest BCUT2D eigenvalue weighted by Gasteiger charge is -2.21. The molecule has 2 heterocycles. The summed E-state index contributed by atoms with van der Waals surface area (Å²) >= 11 is 0. The molecule has 0 aliphatic heterocycles. The Balaban J connectivity index is 1.69. The average molecular weight is 286 g/mol. The Morgan fingerprint density at radius 2 is 2.05 bits per heavy atom. The number of carbonyl (C=O) groups excluding carboxylic acids is 1. The number of aromatic nitrogens is 4. The van der Waals surface area contributed by atoms with E-state index in [1.54, 1.807) is 10.9 Å². The number of aryl methyl sites for hydroxylation is 2. The van der Waals surface area contributed by atoms with Crippen molar-refractivity contribution in [3.05, 3.63) is 35.4 Å². The molecule has 21 heavy (non-hydrogen) atoms. The van der Waals surface area contributed by atoms with E-state index in [1.165, 1.54) is 32.1 Å². The van der Waals surface area contributed by atoms with Gasteiger partial charge < -0.3 is 0 Å². The maximum atomic E-state index is 12.3. The summed E-state index contributed by atoms with van der Waals surface area (Å²) in [6, 6.07) is 2.49. The van der Waals surface area contributed by atoms with Crippen molar-refractivity contribution < 1.29 is 4.79 Å². The summed E-state index contributed by atoms with van der Waals surface area (Å²) in [6.45, 7) is 1.87. The first-order chi connectivity index (χ1) is 10.1. The lowest BCUT2D eigenvalue weighted by Crippen LogP contribution is -2.14. The van der Waals surface area contributed by atoms with Crippen LogP contribution in [0.3, 0.4) is 0 Å². The Hall–Kier alpha value is -1.91. The van der Waals surface area contributed by atoms with Crippen LogP contribution in [0.1, 0.15) is 59.9 Å². The average Bonchev–Trinajstić information content (AvgIpc) is 3.06.